The summed E-state index contributed by atoms with van der Waals surface area (Å²) in [6, 6.07) is -0.0928. The van der Waals surface area contributed by atoms with Gasteiger partial charge in [0.1, 0.15) is 6.54 Å². The number of likely N-dealkylation sites (tertiary alicyclic amines) is 1. The molecule has 0 aromatic heterocycles. The number of carboxylic acid groups (broad SMARTS) is 1. The van der Waals surface area contributed by atoms with Crippen molar-refractivity contribution in [2.45, 2.75) is 25.3 Å². The third-order valence-corrected chi connectivity index (χ3v) is 3.27. The Bertz CT molecular complexity index is 361. The lowest BCUT2D eigenvalue weighted by Crippen LogP contribution is -2.48. The van der Waals surface area contributed by atoms with Crippen LogP contribution < -0.4 is 16.0 Å². The first-order chi connectivity index (χ1) is 9.49. The van der Waals surface area contributed by atoms with E-state index in [9.17, 15) is 14.4 Å². The highest BCUT2D eigenvalue weighted by Gasteiger charge is 2.19. The summed E-state index contributed by atoms with van der Waals surface area (Å²) in [7, 11) is 2.03. The molecule has 3 amide bonds. The molecule has 1 atom stereocenters. The van der Waals surface area contributed by atoms with Gasteiger partial charge in [0.25, 0.3) is 0 Å². The summed E-state index contributed by atoms with van der Waals surface area (Å²) >= 11 is 0. The second-order valence-electron chi connectivity index (χ2n) is 4.86. The van der Waals surface area contributed by atoms with Crippen molar-refractivity contribution in [3.8, 4) is 0 Å². The fourth-order valence-electron chi connectivity index (χ4n) is 2.07. The molecule has 0 aliphatic carbocycles. The van der Waals surface area contributed by atoms with Gasteiger partial charge in [0.2, 0.25) is 5.91 Å². The Morgan fingerprint density at radius 3 is 2.55 bits per heavy atom. The molecule has 0 saturated carbocycles. The van der Waals surface area contributed by atoms with Gasteiger partial charge in [-0.2, -0.15) is 0 Å². The average Bonchev–Trinajstić information content (AvgIpc) is 2.42. The monoisotopic (exact) mass is 286 g/mol. The number of carboxylic acids is 1. The van der Waals surface area contributed by atoms with Crippen molar-refractivity contribution in [2.24, 2.45) is 0 Å². The molecule has 0 radical (unpaired) electrons. The molecule has 0 aromatic carbocycles. The summed E-state index contributed by atoms with van der Waals surface area (Å²) in [5.74, 6) is -1.65. The predicted octanol–water partition coefficient (Wildman–Crippen LogP) is -1.03. The van der Waals surface area contributed by atoms with E-state index in [1.165, 1.54) is 6.42 Å². The molecule has 8 heteroatoms. The molecule has 8 nitrogen and oxygen atoms in total. The minimum Gasteiger partial charge on any atom is -0.480 e. The maximum atomic E-state index is 11.5. The third-order valence-electron chi connectivity index (χ3n) is 3.27. The van der Waals surface area contributed by atoms with Gasteiger partial charge >= 0.3 is 12.0 Å². The first-order valence-corrected chi connectivity index (χ1v) is 6.69. The zero-order valence-corrected chi connectivity index (χ0v) is 11.6. The first kappa shape index (κ1) is 16.2. The van der Waals surface area contributed by atoms with Gasteiger partial charge in [-0.05, 0) is 26.4 Å². The number of amides is 3. The summed E-state index contributed by atoms with van der Waals surface area (Å²) in [5, 5.41) is 15.6. The van der Waals surface area contributed by atoms with Crippen LogP contribution in [-0.4, -0.2) is 67.2 Å². The molecule has 114 valence electrons. The lowest BCUT2D eigenvalue weighted by atomic mass is 10.0. The summed E-state index contributed by atoms with van der Waals surface area (Å²) in [6.45, 7) is 0.888. The fourth-order valence-corrected chi connectivity index (χ4v) is 2.07. The molecule has 1 rings (SSSR count). The second-order valence-corrected chi connectivity index (χ2v) is 4.86. The highest BCUT2D eigenvalue weighted by atomic mass is 16.4. The Hall–Kier alpha value is -1.83. The number of aliphatic carboxylic acids is 1. The number of likely N-dealkylation sites (N-methyl/N-ethyl adjacent to an activating group) is 1. The molecule has 1 aliphatic rings. The molecule has 0 spiro atoms. The Morgan fingerprint density at radius 2 is 1.90 bits per heavy atom. The number of carbonyl (C=O) groups is 3. The molecule has 4 N–H and O–H groups in total. The van der Waals surface area contributed by atoms with Gasteiger partial charge in [0.05, 0.1) is 6.54 Å². The van der Waals surface area contributed by atoms with Gasteiger partial charge in [0.15, 0.2) is 0 Å². The number of hydrogen-bond acceptors (Lipinski definition) is 4. The van der Waals surface area contributed by atoms with E-state index in [4.69, 9.17) is 5.11 Å². The van der Waals surface area contributed by atoms with Crippen LogP contribution in [0.4, 0.5) is 4.79 Å². The highest BCUT2D eigenvalue weighted by molar-refractivity contribution is 5.86. The van der Waals surface area contributed by atoms with Gasteiger partial charge < -0.3 is 26.0 Å². The van der Waals surface area contributed by atoms with Gasteiger partial charge in [-0.15, -0.1) is 0 Å². The van der Waals surface area contributed by atoms with Gasteiger partial charge in [-0.3, -0.25) is 9.59 Å². The van der Waals surface area contributed by atoms with Crippen molar-refractivity contribution < 1.29 is 19.5 Å². The molecule has 1 heterocycles. The molecular weight excluding hydrogens is 264 g/mol. The third kappa shape index (κ3) is 6.37. The number of piperidine rings is 1. The normalized spacial score (nSPS) is 19.1. The van der Waals surface area contributed by atoms with Crippen molar-refractivity contribution in [3.05, 3.63) is 0 Å². The Morgan fingerprint density at radius 1 is 1.15 bits per heavy atom. The van der Waals surface area contributed by atoms with Gasteiger partial charge in [-0.25, -0.2) is 4.79 Å². The van der Waals surface area contributed by atoms with Crippen LogP contribution in [0.2, 0.25) is 0 Å². The van der Waals surface area contributed by atoms with Crippen LogP contribution in [0.15, 0.2) is 0 Å². The van der Waals surface area contributed by atoms with Crippen LogP contribution in [0.5, 0.6) is 0 Å². The molecule has 20 heavy (non-hydrogen) atoms. The Kier molecular flexibility index (Phi) is 6.78. The van der Waals surface area contributed by atoms with E-state index in [2.05, 4.69) is 20.9 Å². The first-order valence-electron chi connectivity index (χ1n) is 6.69. The van der Waals surface area contributed by atoms with Crippen molar-refractivity contribution in [2.75, 3.05) is 33.2 Å². The number of carbonyl (C=O) groups excluding carboxylic acids is 2. The predicted molar refractivity (Wildman–Crippen MR) is 72.3 cm³/mol. The van der Waals surface area contributed by atoms with Crippen LogP contribution >= 0.6 is 0 Å². The maximum absolute atomic E-state index is 11.5. The topological polar surface area (TPSA) is 111 Å². The van der Waals surface area contributed by atoms with E-state index in [1.807, 2.05) is 7.05 Å². The minimum atomic E-state index is -1.12. The van der Waals surface area contributed by atoms with E-state index < -0.39 is 24.5 Å². The fraction of sp³-hybridized carbons (Fsp3) is 0.750. The lowest BCUT2D eigenvalue weighted by molar-refractivity contribution is -0.137. The van der Waals surface area contributed by atoms with E-state index >= 15 is 0 Å². The van der Waals surface area contributed by atoms with Crippen molar-refractivity contribution >= 4 is 17.9 Å². The second kappa shape index (κ2) is 8.36. The zero-order chi connectivity index (χ0) is 15.0. The van der Waals surface area contributed by atoms with Crippen LogP contribution in [0.1, 0.15) is 19.3 Å². The molecule has 1 unspecified atom stereocenters. The number of nitrogens with zero attached hydrogens (tertiary/aromatic N) is 1. The molecular formula is C12H22N4O4. The van der Waals surface area contributed by atoms with Gasteiger partial charge in [0, 0.05) is 12.6 Å². The lowest BCUT2D eigenvalue weighted by Gasteiger charge is -2.32. The molecule has 1 aliphatic heterocycles. The molecule has 1 saturated heterocycles. The van der Waals surface area contributed by atoms with Crippen LogP contribution in [0, 0.1) is 0 Å². The number of rotatable bonds is 6. The van der Waals surface area contributed by atoms with E-state index in [0.717, 1.165) is 19.4 Å². The van der Waals surface area contributed by atoms with E-state index in [1.54, 1.807) is 0 Å². The number of hydrogen-bond donors (Lipinski definition) is 4. The van der Waals surface area contributed by atoms with Gasteiger partial charge in [-0.1, -0.05) is 6.42 Å². The average molecular weight is 286 g/mol. The molecule has 1 fully saturated rings. The molecule has 0 aromatic rings. The summed E-state index contributed by atoms with van der Waals surface area (Å²) in [6.07, 6.45) is 3.40. The summed E-state index contributed by atoms with van der Waals surface area (Å²) in [5.41, 5.74) is 0. The zero-order valence-electron chi connectivity index (χ0n) is 11.6. The number of nitrogens with one attached hydrogen (secondary N) is 3. The summed E-state index contributed by atoms with van der Waals surface area (Å²) in [4.78, 5) is 35.1. The largest absolute Gasteiger partial charge is 0.480 e. The Balaban J connectivity index is 2.13. The van der Waals surface area contributed by atoms with Crippen molar-refractivity contribution in [1.82, 2.24) is 20.9 Å². The number of urea groups is 1. The van der Waals surface area contributed by atoms with Crippen LogP contribution in [-0.2, 0) is 9.59 Å². The van der Waals surface area contributed by atoms with E-state index in [-0.39, 0.29) is 6.54 Å². The van der Waals surface area contributed by atoms with Crippen molar-refractivity contribution in [1.29, 1.82) is 0 Å². The van der Waals surface area contributed by atoms with E-state index in [0.29, 0.717) is 12.6 Å². The quantitative estimate of drug-likeness (QED) is 0.499. The smallest absolute Gasteiger partial charge is 0.322 e. The Labute approximate surface area is 117 Å². The minimum absolute atomic E-state index is 0.236. The van der Waals surface area contributed by atoms with Crippen LogP contribution in [0.3, 0.4) is 0 Å². The highest BCUT2D eigenvalue weighted by Crippen LogP contribution is 2.13. The van der Waals surface area contributed by atoms with Crippen molar-refractivity contribution in [3.63, 3.8) is 0 Å². The SMILES string of the molecule is CN1CCCCC1CNC(=O)NCC(=O)NCC(=O)O. The molecule has 0 bridgehead atoms. The summed E-state index contributed by atoms with van der Waals surface area (Å²) < 4.78 is 0. The van der Waals surface area contributed by atoms with Crippen LogP contribution in [0.25, 0.3) is 0 Å². The standard InChI is InChI=1S/C12H22N4O4/c1-16-5-3-2-4-9(16)6-14-12(20)15-7-10(17)13-8-11(18)19/h9H,2-8H2,1H3,(H,13,17)(H,18,19)(H2,14,15,20). The maximum Gasteiger partial charge on any atom is 0.322 e.